The number of benzene rings is 1. The number of hydrogen-bond donors (Lipinski definition) is 2. The molecule has 8 rings (SSSR count). The fraction of sp³-hybridized carbons (Fsp3) is 0.529. The lowest BCUT2D eigenvalue weighted by atomic mass is 10.0. The summed E-state index contributed by atoms with van der Waals surface area (Å²) < 4.78 is 40.7. The quantitative estimate of drug-likeness (QED) is 0.331. The molecule has 5 atom stereocenters. The van der Waals surface area contributed by atoms with Gasteiger partial charge in [-0.1, -0.05) is 12.8 Å². The van der Waals surface area contributed by atoms with Crippen LogP contribution >= 0.6 is 0 Å². The molecule has 1 saturated carbocycles. The van der Waals surface area contributed by atoms with Gasteiger partial charge in [-0.15, -0.1) is 0 Å². The van der Waals surface area contributed by atoms with Gasteiger partial charge < -0.3 is 34.6 Å². The SMILES string of the molecule is C[C@H]1NC(=O)[C@@H]2C[C@H]2CCCCCn2c(-c3nc4cc(C(=O)N5CC[C@@H](OC(F)F)[C@@H](N)C5)cc5c4n3CCO5)cc3ccc1nc32. The predicted octanol–water partition coefficient (Wildman–Crippen LogP) is 4.61. The van der Waals surface area contributed by atoms with Gasteiger partial charge in [0.05, 0.1) is 35.6 Å². The average molecular weight is 648 g/mol. The molecule has 0 spiro atoms. The second kappa shape index (κ2) is 11.9. The van der Waals surface area contributed by atoms with Gasteiger partial charge in [0, 0.05) is 42.5 Å². The molecule has 1 aliphatic carbocycles. The molecule has 4 aliphatic rings. The monoisotopic (exact) mass is 647 g/mol. The van der Waals surface area contributed by atoms with Crippen molar-refractivity contribution in [2.24, 2.45) is 17.6 Å². The number of fused-ring (bicyclic) bond motifs is 2. The number of pyridine rings is 1. The van der Waals surface area contributed by atoms with Crippen molar-refractivity contribution < 1.29 is 27.8 Å². The molecule has 11 nitrogen and oxygen atoms in total. The zero-order valence-electron chi connectivity index (χ0n) is 26.3. The van der Waals surface area contributed by atoms with E-state index in [9.17, 15) is 18.4 Å². The number of halogens is 2. The lowest BCUT2D eigenvalue weighted by Crippen LogP contribution is -2.54. The number of aromatic nitrogens is 4. The molecule has 2 fully saturated rings. The van der Waals surface area contributed by atoms with Crippen molar-refractivity contribution in [3.63, 3.8) is 0 Å². The van der Waals surface area contributed by atoms with E-state index in [-0.39, 0.29) is 43.3 Å². The zero-order valence-corrected chi connectivity index (χ0v) is 26.3. The molecule has 248 valence electrons. The molecule has 0 radical (unpaired) electrons. The summed E-state index contributed by atoms with van der Waals surface area (Å²) in [6, 6.07) is 8.79. The number of imidazole rings is 1. The first-order chi connectivity index (χ1) is 22.7. The Morgan fingerprint density at radius 3 is 2.79 bits per heavy atom. The molecule has 2 amide bonds. The van der Waals surface area contributed by atoms with E-state index in [1.54, 1.807) is 17.0 Å². The lowest BCUT2D eigenvalue weighted by Gasteiger charge is -2.36. The van der Waals surface area contributed by atoms with Gasteiger partial charge in [0.1, 0.15) is 23.5 Å². The Bertz CT molecular complexity index is 1870. The van der Waals surface area contributed by atoms with Crippen LogP contribution in [-0.4, -0.2) is 74.3 Å². The number of nitrogens with two attached hydrogens (primary N) is 1. The average Bonchev–Trinajstić information content (AvgIpc) is 3.62. The number of hydrogen-bond acceptors (Lipinski definition) is 7. The third-order valence-electron chi connectivity index (χ3n) is 10.3. The van der Waals surface area contributed by atoms with Crippen LogP contribution in [0.25, 0.3) is 33.6 Å². The number of rotatable bonds is 4. The van der Waals surface area contributed by atoms with E-state index in [0.29, 0.717) is 35.9 Å². The van der Waals surface area contributed by atoms with Crippen LogP contribution in [0.3, 0.4) is 0 Å². The molecule has 1 saturated heterocycles. The highest BCUT2D eigenvalue weighted by Gasteiger charge is 2.42. The van der Waals surface area contributed by atoms with E-state index in [1.807, 2.05) is 13.0 Å². The van der Waals surface area contributed by atoms with Crippen LogP contribution in [0.2, 0.25) is 0 Å². The summed E-state index contributed by atoms with van der Waals surface area (Å²) in [5.41, 5.74) is 10.6. The first-order valence-corrected chi connectivity index (χ1v) is 16.7. The van der Waals surface area contributed by atoms with Gasteiger partial charge in [0.2, 0.25) is 5.91 Å². The van der Waals surface area contributed by atoms with Crippen molar-refractivity contribution in [2.75, 3.05) is 19.7 Å². The minimum absolute atomic E-state index is 0.114. The Kier molecular flexibility index (Phi) is 7.63. The normalized spacial score (nSPS) is 26.3. The number of nitrogens with zero attached hydrogens (tertiary/aromatic N) is 5. The van der Waals surface area contributed by atoms with Crippen molar-refractivity contribution in [1.82, 2.24) is 29.3 Å². The highest BCUT2D eigenvalue weighted by atomic mass is 19.3. The van der Waals surface area contributed by atoms with Gasteiger partial charge in [0.25, 0.3) is 5.91 Å². The van der Waals surface area contributed by atoms with Crippen LogP contribution in [0.5, 0.6) is 5.75 Å². The minimum Gasteiger partial charge on any atom is -0.489 e. The summed E-state index contributed by atoms with van der Waals surface area (Å²) in [4.78, 5) is 38.3. The first kappa shape index (κ1) is 30.2. The Morgan fingerprint density at radius 1 is 1.09 bits per heavy atom. The highest BCUT2D eigenvalue weighted by molar-refractivity contribution is 6.00. The van der Waals surface area contributed by atoms with Crippen molar-refractivity contribution in [1.29, 1.82) is 0 Å². The number of carbonyl (C=O) groups excluding carboxylic acids is 2. The van der Waals surface area contributed by atoms with Crippen molar-refractivity contribution in [3.05, 3.63) is 41.6 Å². The predicted molar refractivity (Wildman–Crippen MR) is 170 cm³/mol. The maximum absolute atomic E-state index is 13.6. The maximum atomic E-state index is 13.6. The number of amides is 2. The summed E-state index contributed by atoms with van der Waals surface area (Å²) in [6.45, 7) is 1.27. The van der Waals surface area contributed by atoms with E-state index in [0.717, 1.165) is 72.4 Å². The molecule has 4 aromatic rings. The number of ether oxygens (including phenoxy) is 2. The number of nitrogens with one attached hydrogen (secondary N) is 1. The largest absolute Gasteiger partial charge is 0.489 e. The standard InChI is InChI=1S/C34H39F2N7O4/c1-18-24-7-6-20-15-26(42(30(20)39-24)9-4-2-3-5-19-13-22(19)32(44)38-18)31-40-25-14-21(16-28-29(25)43(31)11-12-46-28)33(45)41-10-8-27(23(37)17-41)47-34(35)36/h6-7,14-16,18-19,22-23,27,34H,2-5,8-13,17,37H2,1H3,(H,38,44)/t18-,19-,22-,23+,27-/m1/s1. The number of piperidine rings is 1. The highest BCUT2D eigenvalue weighted by Crippen LogP contribution is 2.43. The molecular formula is C34H39F2N7O4. The molecule has 0 unspecified atom stereocenters. The second-order valence-electron chi connectivity index (χ2n) is 13.4. The maximum Gasteiger partial charge on any atom is 0.345 e. The smallest absolute Gasteiger partial charge is 0.345 e. The Hall–Kier alpha value is -4.10. The van der Waals surface area contributed by atoms with E-state index >= 15 is 0 Å². The molecule has 3 aliphatic heterocycles. The molecule has 3 aromatic heterocycles. The van der Waals surface area contributed by atoms with Gasteiger partial charge >= 0.3 is 6.61 Å². The molecule has 3 N–H and O–H groups in total. The number of alkyl halides is 2. The Labute approximate surface area is 270 Å². The summed E-state index contributed by atoms with van der Waals surface area (Å²) in [6.07, 6.45) is 4.63. The summed E-state index contributed by atoms with van der Waals surface area (Å²) in [5.74, 6) is 1.86. The summed E-state index contributed by atoms with van der Waals surface area (Å²) >= 11 is 0. The van der Waals surface area contributed by atoms with Crippen molar-refractivity contribution in [3.8, 4) is 17.3 Å². The van der Waals surface area contributed by atoms with E-state index < -0.39 is 18.8 Å². The molecule has 1 aromatic carbocycles. The Morgan fingerprint density at radius 2 is 1.96 bits per heavy atom. The summed E-state index contributed by atoms with van der Waals surface area (Å²) in [7, 11) is 0. The van der Waals surface area contributed by atoms with Gasteiger partial charge in [-0.25, -0.2) is 9.97 Å². The molecule has 6 heterocycles. The van der Waals surface area contributed by atoms with Gasteiger partial charge in [-0.05, 0) is 68.9 Å². The van der Waals surface area contributed by atoms with Crippen LogP contribution in [0, 0.1) is 11.8 Å². The number of carbonyl (C=O) groups is 2. The zero-order chi connectivity index (χ0) is 32.4. The van der Waals surface area contributed by atoms with Gasteiger partial charge in [-0.2, -0.15) is 8.78 Å². The molecule has 2 bridgehead atoms. The van der Waals surface area contributed by atoms with Crippen LogP contribution in [0.4, 0.5) is 8.78 Å². The minimum atomic E-state index is -2.90. The van der Waals surface area contributed by atoms with Crippen LogP contribution in [-0.2, 0) is 22.6 Å². The van der Waals surface area contributed by atoms with Crippen LogP contribution in [0.15, 0.2) is 30.3 Å². The van der Waals surface area contributed by atoms with Crippen LogP contribution in [0.1, 0.15) is 67.5 Å². The van der Waals surface area contributed by atoms with Gasteiger partial charge in [0.15, 0.2) is 5.82 Å². The third kappa shape index (κ3) is 5.52. The van der Waals surface area contributed by atoms with E-state index in [2.05, 4.69) is 31.3 Å². The molecular weight excluding hydrogens is 608 g/mol. The molecule has 13 heteroatoms. The summed E-state index contributed by atoms with van der Waals surface area (Å²) in [5, 5.41) is 4.19. The van der Waals surface area contributed by atoms with Crippen molar-refractivity contribution in [2.45, 2.75) is 83.3 Å². The fourth-order valence-corrected chi connectivity index (χ4v) is 7.68. The second-order valence-corrected chi connectivity index (χ2v) is 13.4. The van der Waals surface area contributed by atoms with E-state index in [1.165, 1.54) is 0 Å². The molecule has 47 heavy (non-hydrogen) atoms. The fourth-order valence-electron chi connectivity index (χ4n) is 7.68. The Balaban J connectivity index is 1.15. The first-order valence-electron chi connectivity index (χ1n) is 16.7. The number of likely N-dealkylation sites (tertiary alicyclic amines) is 1. The van der Waals surface area contributed by atoms with Gasteiger partial charge in [-0.3, -0.25) is 9.59 Å². The lowest BCUT2D eigenvalue weighted by molar-refractivity contribution is -0.175. The number of aryl methyl sites for hydroxylation is 1. The van der Waals surface area contributed by atoms with Crippen LogP contribution < -0.4 is 15.8 Å². The topological polar surface area (TPSA) is 130 Å². The third-order valence-corrected chi connectivity index (χ3v) is 10.3. The van der Waals surface area contributed by atoms with E-state index in [4.69, 9.17) is 20.4 Å². The van der Waals surface area contributed by atoms with Crippen molar-refractivity contribution >= 4 is 33.9 Å².